The number of benzene rings is 1. The standard InChI is InChI=1S/C21H30O4/c1-12(22)9-13-10-14-15(23)11-16-20(2,3)7-6-8-21(16,4)17(14)18(24)19(13)25-5/h10,12,16,22,24H,6-9,11H2,1-5H3/t12-,16+,21+/m1/s1. The van der Waals surface area contributed by atoms with Gasteiger partial charge in [-0.25, -0.2) is 0 Å². The Morgan fingerprint density at radius 2 is 2.00 bits per heavy atom. The van der Waals surface area contributed by atoms with E-state index in [0.29, 0.717) is 29.7 Å². The molecule has 2 N–H and O–H groups in total. The summed E-state index contributed by atoms with van der Waals surface area (Å²) in [7, 11) is 1.53. The number of carbonyl (C=O) groups excluding carboxylic acids is 1. The zero-order chi connectivity index (χ0) is 18.6. The molecule has 2 aliphatic carbocycles. The van der Waals surface area contributed by atoms with E-state index in [2.05, 4.69) is 20.8 Å². The summed E-state index contributed by atoms with van der Waals surface area (Å²) in [5, 5.41) is 20.8. The van der Waals surface area contributed by atoms with Gasteiger partial charge in [-0.1, -0.05) is 27.2 Å². The van der Waals surface area contributed by atoms with Crippen LogP contribution in [0.2, 0.25) is 0 Å². The van der Waals surface area contributed by atoms with E-state index in [1.165, 1.54) is 7.11 Å². The summed E-state index contributed by atoms with van der Waals surface area (Å²) in [6.45, 7) is 8.36. The van der Waals surface area contributed by atoms with Gasteiger partial charge in [0.1, 0.15) is 0 Å². The molecule has 0 amide bonds. The normalized spacial score (nSPS) is 28.9. The van der Waals surface area contributed by atoms with Crippen molar-refractivity contribution in [2.45, 2.75) is 71.3 Å². The second-order valence-corrected chi connectivity index (χ2v) is 8.83. The van der Waals surface area contributed by atoms with Gasteiger partial charge >= 0.3 is 0 Å². The predicted molar refractivity (Wildman–Crippen MR) is 97.5 cm³/mol. The van der Waals surface area contributed by atoms with Crippen LogP contribution in [0, 0.1) is 11.3 Å². The maximum Gasteiger partial charge on any atom is 0.164 e. The molecule has 25 heavy (non-hydrogen) atoms. The Balaban J connectivity index is 2.24. The molecule has 0 aliphatic heterocycles. The highest BCUT2D eigenvalue weighted by atomic mass is 16.5. The van der Waals surface area contributed by atoms with Gasteiger partial charge in [-0.15, -0.1) is 0 Å². The highest BCUT2D eigenvalue weighted by Crippen LogP contribution is 2.60. The minimum Gasteiger partial charge on any atom is -0.504 e. The molecule has 0 aromatic heterocycles. The maximum atomic E-state index is 12.9. The smallest absolute Gasteiger partial charge is 0.164 e. The quantitative estimate of drug-likeness (QED) is 0.868. The molecular weight excluding hydrogens is 316 g/mol. The third kappa shape index (κ3) is 2.75. The summed E-state index contributed by atoms with van der Waals surface area (Å²) in [5.74, 6) is 0.802. The Bertz CT molecular complexity index is 704. The number of hydrogen-bond donors (Lipinski definition) is 2. The van der Waals surface area contributed by atoms with E-state index in [4.69, 9.17) is 4.74 Å². The molecular formula is C21H30O4. The number of phenolic OH excluding ortho intramolecular Hbond substituents is 1. The lowest BCUT2D eigenvalue weighted by Gasteiger charge is -2.54. The number of ether oxygens (including phenoxy) is 1. The number of aliphatic hydroxyl groups is 1. The van der Waals surface area contributed by atoms with Crippen molar-refractivity contribution >= 4 is 5.78 Å². The van der Waals surface area contributed by atoms with Crippen LogP contribution in [-0.4, -0.2) is 29.2 Å². The zero-order valence-electron chi connectivity index (χ0n) is 16.0. The molecule has 1 aromatic rings. The highest BCUT2D eigenvalue weighted by Gasteiger charge is 2.53. The predicted octanol–water partition coefficient (Wildman–Crippen LogP) is 3.99. The van der Waals surface area contributed by atoms with Crippen LogP contribution in [0.5, 0.6) is 11.5 Å². The topological polar surface area (TPSA) is 66.8 Å². The third-order valence-corrected chi connectivity index (χ3v) is 6.54. The van der Waals surface area contributed by atoms with E-state index >= 15 is 0 Å². The largest absolute Gasteiger partial charge is 0.504 e. The van der Waals surface area contributed by atoms with Gasteiger partial charge in [-0.3, -0.25) is 4.79 Å². The van der Waals surface area contributed by atoms with Gasteiger partial charge in [0.05, 0.1) is 13.2 Å². The minimum absolute atomic E-state index is 0.0678. The Morgan fingerprint density at radius 3 is 2.60 bits per heavy atom. The number of phenols is 1. The van der Waals surface area contributed by atoms with Gasteiger partial charge in [0.2, 0.25) is 0 Å². The SMILES string of the molecule is COc1c(C[C@@H](C)O)cc2c(c1O)[C@@]1(C)CCCC(C)(C)[C@@H]1CC2=O. The lowest BCUT2D eigenvalue weighted by Crippen LogP contribution is -2.49. The number of aromatic hydroxyl groups is 1. The van der Waals surface area contributed by atoms with Crippen LogP contribution in [0.15, 0.2) is 6.07 Å². The second kappa shape index (κ2) is 6.01. The van der Waals surface area contributed by atoms with Crippen LogP contribution < -0.4 is 4.74 Å². The number of carbonyl (C=O) groups is 1. The van der Waals surface area contributed by atoms with E-state index < -0.39 is 6.10 Å². The van der Waals surface area contributed by atoms with Crippen LogP contribution in [0.25, 0.3) is 0 Å². The number of fused-ring (bicyclic) bond motifs is 3. The lowest BCUT2D eigenvalue weighted by molar-refractivity contribution is 0.0354. The molecule has 1 aromatic carbocycles. The van der Waals surface area contributed by atoms with Crippen LogP contribution in [0.4, 0.5) is 0 Å². The van der Waals surface area contributed by atoms with Gasteiger partial charge in [0, 0.05) is 34.9 Å². The molecule has 0 spiro atoms. The van der Waals surface area contributed by atoms with Crippen LogP contribution in [0.1, 0.15) is 74.9 Å². The van der Waals surface area contributed by atoms with Crippen molar-refractivity contribution in [3.8, 4) is 11.5 Å². The maximum absolute atomic E-state index is 12.9. The number of Topliss-reactive ketones (excluding diaryl/α,β-unsaturated/α-hetero) is 1. The van der Waals surface area contributed by atoms with Gasteiger partial charge in [0.15, 0.2) is 17.3 Å². The molecule has 4 nitrogen and oxygen atoms in total. The Hall–Kier alpha value is -1.55. The molecule has 4 heteroatoms. The monoisotopic (exact) mass is 346 g/mol. The average molecular weight is 346 g/mol. The van der Waals surface area contributed by atoms with Crippen molar-refractivity contribution in [2.24, 2.45) is 11.3 Å². The Kier molecular flexibility index (Phi) is 4.39. The molecule has 138 valence electrons. The summed E-state index contributed by atoms with van der Waals surface area (Å²) in [6.07, 6.45) is 3.47. The minimum atomic E-state index is -0.568. The van der Waals surface area contributed by atoms with E-state index in [9.17, 15) is 15.0 Å². The van der Waals surface area contributed by atoms with E-state index in [1.807, 2.05) is 6.07 Å². The summed E-state index contributed by atoms with van der Waals surface area (Å²) in [4.78, 5) is 12.9. The fraction of sp³-hybridized carbons (Fsp3) is 0.667. The first-order valence-electron chi connectivity index (χ1n) is 9.26. The van der Waals surface area contributed by atoms with Crippen LogP contribution in [-0.2, 0) is 11.8 Å². The van der Waals surface area contributed by atoms with Crippen molar-refractivity contribution in [3.63, 3.8) is 0 Å². The zero-order valence-corrected chi connectivity index (χ0v) is 16.0. The van der Waals surface area contributed by atoms with Gasteiger partial charge < -0.3 is 14.9 Å². The molecule has 0 bridgehead atoms. The molecule has 1 fully saturated rings. The van der Waals surface area contributed by atoms with Crippen LogP contribution >= 0.6 is 0 Å². The fourth-order valence-electron chi connectivity index (χ4n) is 5.42. The van der Waals surface area contributed by atoms with Crippen LogP contribution in [0.3, 0.4) is 0 Å². The first-order chi connectivity index (χ1) is 11.6. The van der Waals surface area contributed by atoms with E-state index in [0.717, 1.165) is 24.8 Å². The van der Waals surface area contributed by atoms with Gasteiger partial charge in [0.25, 0.3) is 0 Å². The van der Waals surface area contributed by atoms with E-state index in [-0.39, 0.29) is 28.3 Å². The number of methoxy groups -OCH3 is 1. The molecule has 3 atom stereocenters. The van der Waals surface area contributed by atoms with Crippen molar-refractivity contribution in [3.05, 3.63) is 22.8 Å². The van der Waals surface area contributed by atoms with Crippen molar-refractivity contribution in [1.29, 1.82) is 0 Å². The number of aliphatic hydroxyl groups excluding tert-OH is 1. The second-order valence-electron chi connectivity index (χ2n) is 8.83. The first kappa shape index (κ1) is 18.2. The molecule has 1 saturated carbocycles. The van der Waals surface area contributed by atoms with Crippen molar-refractivity contribution in [2.75, 3.05) is 7.11 Å². The van der Waals surface area contributed by atoms with Crippen molar-refractivity contribution in [1.82, 2.24) is 0 Å². The highest BCUT2D eigenvalue weighted by molar-refractivity contribution is 6.01. The lowest BCUT2D eigenvalue weighted by atomic mass is 9.50. The first-order valence-corrected chi connectivity index (χ1v) is 9.26. The number of hydrogen-bond acceptors (Lipinski definition) is 4. The third-order valence-electron chi connectivity index (χ3n) is 6.54. The summed E-state index contributed by atoms with van der Waals surface area (Å²) < 4.78 is 5.48. The number of rotatable bonds is 3. The molecule has 0 unspecified atom stereocenters. The summed E-state index contributed by atoms with van der Waals surface area (Å²) in [5.41, 5.74) is 1.90. The number of ketones is 1. The summed E-state index contributed by atoms with van der Waals surface area (Å²) >= 11 is 0. The summed E-state index contributed by atoms with van der Waals surface area (Å²) in [6, 6.07) is 1.84. The molecule has 3 rings (SSSR count). The molecule has 0 saturated heterocycles. The van der Waals surface area contributed by atoms with Crippen molar-refractivity contribution < 1.29 is 19.7 Å². The van der Waals surface area contributed by atoms with Gasteiger partial charge in [-0.2, -0.15) is 0 Å². The average Bonchev–Trinajstić information content (AvgIpc) is 2.49. The molecule has 0 radical (unpaired) electrons. The fourth-order valence-corrected chi connectivity index (χ4v) is 5.42. The molecule has 2 aliphatic rings. The van der Waals surface area contributed by atoms with Gasteiger partial charge in [-0.05, 0) is 37.2 Å². The van der Waals surface area contributed by atoms with E-state index in [1.54, 1.807) is 6.92 Å². The molecule has 0 heterocycles. The Labute approximate surface area is 150 Å². The Morgan fingerprint density at radius 1 is 1.32 bits per heavy atom.